The molecule has 0 aliphatic carbocycles. The maximum absolute atomic E-state index is 11.0. The fourth-order valence-electron chi connectivity index (χ4n) is 1.90. The molecule has 0 aromatic heterocycles. The third kappa shape index (κ3) is 2.99. The molecule has 1 saturated heterocycles. The second-order valence-corrected chi connectivity index (χ2v) is 3.58. The van der Waals surface area contributed by atoms with Crippen molar-refractivity contribution in [3.63, 3.8) is 0 Å². The van der Waals surface area contributed by atoms with Gasteiger partial charge in [-0.3, -0.25) is 9.69 Å². The van der Waals surface area contributed by atoms with Gasteiger partial charge < -0.3 is 5.32 Å². The van der Waals surface area contributed by atoms with E-state index < -0.39 is 0 Å². The molecular formula is C10H20N2O. The van der Waals surface area contributed by atoms with Gasteiger partial charge in [-0.05, 0) is 25.9 Å². The lowest BCUT2D eigenvalue weighted by Gasteiger charge is -2.22. The van der Waals surface area contributed by atoms with Crippen LogP contribution in [0.4, 0.5) is 0 Å². The first-order chi connectivity index (χ1) is 6.27. The zero-order chi connectivity index (χ0) is 9.68. The van der Waals surface area contributed by atoms with Gasteiger partial charge in [-0.2, -0.15) is 0 Å². The highest BCUT2D eigenvalue weighted by Gasteiger charge is 2.22. The molecule has 3 nitrogen and oxygen atoms in total. The van der Waals surface area contributed by atoms with Crippen molar-refractivity contribution in [1.82, 2.24) is 10.2 Å². The number of hydrogen-bond donors (Lipinski definition) is 1. The second kappa shape index (κ2) is 5.22. The van der Waals surface area contributed by atoms with Crippen LogP contribution in [0.15, 0.2) is 0 Å². The van der Waals surface area contributed by atoms with E-state index >= 15 is 0 Å². The summed E-state index contributed by atoms with van der Waals surface area (Å²) in [5.41, 5.74) is 0. The molecule has 1 aliphatic rings. The molecule has 13 heavy (non-hydrogen) atoms. The number of likely N-dealkylation sites (N-methyl/N-ethyl adjacent to an activating group) is 1. The van der Waals surface area contributed by atoms with Gasteiger partial charge in [-0.1, -0.05) is 13.8 Å². The third-order valence-corrected chi connectivity index (χ3v) is 2.76. The normalized spacial score (nSPS) is 23.4. The lowest BCUT2D eigenvalue weighted by Crippen LogP contribution is -2.39. The molecule has 0 radical (unpaired) electrons. The highest BCUT2D eigenvalue weighted by Crippen LogP contribution is 2.15. The average molecular weight is 184 g/mol. The van der Waals surface area contributed by atoms with Gasteiger partial charge in [0, 0.05) is 19.0 Å². The van der Waals surface area contributed by atoms with Crippen LogP contribution in [-0.2, 0) is 4.79 Å². The molecule has 0 bridgehead atoms. The van der Waals surface area contributed by atoms with Crippen molar-refractivity contribution in [2.45, 2.75) is 39.2 Å². The number of hydrogen-bond acceptors (Lipinski definition) is 2. The van der Waals surface area contributed by atoms with Crippen LogP contribution in [0.2, 0.25) is 0 Å². The fourth-order valence-corrected chi connectivity index (χ4v) is 1.90. The van der Waals surface area contributed by atoms with E-state index in [0.29, 0.717) is 12.5 Å². The molecular weight excluding hydrogens is 164 g/mol. The van der Waals surface area contributed by atoms with Crippen LogP contribution >= 0.6 is 0 Å². The Balaban J connectivity index is 2.23. The van der Waals surface area contributed by atoms with E-state index in [1.54, 1.807) is 0 Å². The SMILES string of the molecule is CCC(=O)NCC1CCCN1CC. The molecule has 1 N–H and O–H groups in total. The first-order valence-corrected chi connectivity index (χ1v) is 5.28. The van der Waals surface area contributed by atoms with Gasteiger partial charge in [-0.15, -0.1) is 0 Å². The molecule has 0 aromatic rings. The molecule has 1 unspecified atom stereocenters. The van der Waals surface area contributed by atoms with E-state index in [-0.39, 0.29) is 5.91 Å². The van der Waals surface area contributed by atoms with E-state index in [4.69, 9.17) is 0 Å². The Kier molecular flexibility index (Phi) is 4.22. The Morgan fingerprint density at radius 1 is 1.54 bits per heavy atom. The standard InChI is InChI=1S/C10H20N2O/c1-3-10(13)11-8-9-6-5-7-12(9)4-2/h9H,3-8H2,1-2H3,(H,11,13). The Morgan fingerprint density at radius 2 is 2.31 bits per heavy atom. The number of carbonyl (C=O) groups is 1. The Hall–Kier alpha value is -0.570. The predicted octanol–water partition coefficient (Wildman–Crippen LogP) is 0.997. The summed E-state index contributed by atoms with van der Waals surface area (Å²) in [7, 11) is 0. The first-order valence-electron chi connectivity index (χ1n) is 5.28. The smallest absolute Gasteiger partial charge is 0.219 e. The van der Waals surface area contributed by atoms with Crippen LogP contribution < -0.4 is 5.32 Å². The topological polar surface area (TPSA) is 32.3 Å². The van der Waals surface area contributed by atoms with Crippen molar-refractivity contribution in [1.29, 1.82) is 0 Å². The molecule has 0 aromatic carbocycles. The van der Waals surface area contributed by atoms with Gasteiger partial charge in [0.05, 0.1) is 0 Å². The summed E-state index contributed by atoms with van der Waals surface area (Å²) in [5.74, 6) is 0.169. The van der Waals surface area contributed by atoms with E-state index in [0.717, 1.165) is 13.1 Å². The van der Waals surface area contributed by atoms with Crippen molar-refractivity contribution < 1.29 is 4.79 Å². The molecule has 0 spiro atoms. The van der Waals surface area contributed by atoms with E-state index in [9.17, 15) is 4.79 Å². The number of nitrogens with one attached hydrogen (secondary N) is 1. The second-order valence-electron chi connectivity index (χ2n) is 3.58. The highest BCUT2D eigenvalue weighted by molar-refractivity contribution is 5.75. The van der Waals surface area contributed by atoms with Crippen LogP contribution in [-0.4, -0.2) is 36.5 Å². The van der Waals surface area contributed by atoms with Crippen molar-refractivity contribution in [2.24, 2.45) is 0 Å². The van der Waals surface area contributed by atoms with E-state index in [1.165, 1.54) is 19.4 Å². The lowest BCUT2D eigenvalue weighted by atomic mass is 10.2. The molecule has 1 atom stereocenters. The van der Waals surface area contributed by atoms with Gasteiger partial charge >= 0.3 is 0 Å². The maximum atomic E-state index is 11.0. The third-order valence-electron chi connectivity index (χ3n) is 2.76. The minimum Gasteiger partial charge on any atom is -0.355 e. The highest BCUT2D eigenvalue weighted by atomic mass is 16.1. The van der Waals surface area contributed by atoms with Gasteiger partial charge in [0.1, 0.15) is 0 Å². The Labute approximate surface area is 80.5 Å². The molecule has 1 aliphatic heterocycles. The number of amides is 1. The van der Waals surface area contributed by atoms with Gasteiger partial charge in [0.15, 0.2) is 0 Å². The summed E-state index contributed by atoms with van der Waals surface area (Å²) in [6.45, 7) is 7.21. The van der Waals surface area contributed by atoms with Gasteiger partial charge in [0.25, 0.3) is 0 Å². The molecule has 1 amide bonds. The molecule has 1 heterocycles. The number of nitrogens with zero attached hydrogens (tertiary/aromatic N) is 1. The van der Waals surface area contributed by atoms with Crippen molar-refractivity contribution in [3.8, 4) is 0 Å². The molecule has 1 fully saturated rings. The summed E-state index contributed by atoms with van der Waals surface area (Å²) in [5, 5.41) is 2.96. The first kappa shape index (κ1) is 10.5. The minimum absolute atomic E-state index is 0.169. The maximum Gasteiger partial charge on any atom is 0.219 e. The zero-order valence-corrected chi connectivity index (χ0v) is 8.68. The van der Waals surface area contributed by atoms with Crippen molar-refractivity contribution in [3.05, 3.63) is 0 Å². The minimum atomic E-state index is 0.169. The van der Waals surface area contributed by atoms with Gasteiger partial charge in [0.2, 0.25) is 5.91 Å². The lowest BCUT2D eigenvalue weighted by molar-refractivity contribution is -0.120. The van der Waals surface area contributed by atoms with Crippen LogP contribution in [0.5, 0.6) is 0 Å². The fraction of sp³-hybridized carbons (Fsp3) is 0.900. The number of rotatable bonds is 4. The van der Waals surface area contributed by atoms with Crippen molar-refractivity contribution in [2.75, 3.05) is 19.6 Å². The summed E-state index contributed by atoms with van der Waals surface area (Å²) in [6, 6.07) is 0.584. The number of likely N-dealkylation sites (tertiary alicyclic amines) is 1. The summed E-state index contributed by atoms with van der Waals surface area (Å²) in [6.07, 6.45) is 3.11. The summed E-state index contributed by atoms with van der Waals surface area (Å²) < 4.78 is 0. The van der Waals surface area contributed by atoms with Crippen LogP contribution in [0.3, 0.4) is 0 Å². The summed E-state index contributed by atoms with van der Waals surface area (Å²) >= 11 is 0. The quantitative estimate of drug-likeness (QED) is 0.707. The van der Waals surface area contributed by atoms with Crippen LogP contribution in [0.25, 0.3) is 0 Å². The van der Waals surface area contributed by atoms with E-state index in [1.807, 2.05) is 6.92 Å². The summed E-state index contributed by atoms with van der Waals surface area (Å²) in [4.78, 5) is 13.5. The molecule has 76 valence electrons. The predicted molar refractivity (Wildman–Crippen MR) is 53.6 cm³/mol. The Morgan fingerprint density at radius 3 is 2.92 bits per heavy atom. The average Bonchev–Trinajstić information content (AvgIpc) is 2.61. The zero-order valence-electron chi connectivity index (χ0n) is 8.68. The monoisotopic (exact) mass is 184 g/mol. The number of carbonyl (C=O) groups excluding carboxylic acids is 1. The van der Waals surface area contributed by atoms with Crippen LogP contribution in [0.1, 0.15) is 33.1 Å². The van der Waals surface area contributed by atoms with Crippen molar-refractivity contribution >= 4 is 5.91 Å². The largest absolute Gasteiger partial charge is 0.355 e. The molecule has 1 rings (SSSR count). The van der Waals surface area contributed by atoms with Crippen LogP contribution in [0, 0.1) is 0 Å². The Bertz CT molecular complexity index is 170. The van der Waals surface area contributed by atoms with Gasteiger partial charge in [-0.25, -0.2) is 0 Å². The van der Waals surface area contributed by atoms with E-state index in [2.05, 4.69) is 17.1 Å². The molecule has 3 heteroatoms. The molecule has 0 saturated carbocycles.